The maximum atomic E-state index is 11.6. The summed E-state index contributed by atoms with van der Waals surface area (Å²) in [6.45, 7) is 3.90. The largest absolute Gasteiger partial charge is 0.376 e. The number of nitrogens with one attached hydrogen (secondary N) is 1. The molecular formula is C15H22N2O3. The first-order valence-corrected chi connectivity index (χ1v) is 7.17. The number of aromatic nitrogens is 1. The number of hydrogen-bond donors (Lipinski definition) is 1. The van der Waals surface area contributed by atoms with Crippen LogP contribution in [0.25, 0.3) is 0 Å². The number of hydrogen-bond acceptors (Lipinski definition) is 4. The average molecular weight is 278 g/mol. The van der Waals surface area contributed by atoms with Crippen molar-refractivity contribution >= 4 is 5.91 Å². The Kier molecular flexibility index (Phi) is 5.95. The predicted octanol–water partition coefficient (Wildman–Crippen LogP) is 1.46. The molecule has 2 rings (SSSR count). The van der Waals surface area contributed by atoms with Crippen molar-refractivity contribution in [3.05, 3.63) is 29.6 Å². The van der Waals surface area contributed by atoms with Gasteiger partial charge < -0.3 is 14.8 Å². The highest BCUT2D eigenvalue weighted by atomic mass is 16.5. The fourth-order valence-corrected chi connectivity index (χ4v) is 2.07. The number of aryl methyl sites for hydroxylation is 1. The van der Waals surface area contributed by atoms with Gasteiger partial charge in [0.05, 0.1) is 24.9 Å². The van der Waals surface area contributed by atoms with Gasteiger partial charge in [0.25, 0.3) is 0 Å². The van der Waals surface area contributed by atoms with Gasteiger partial charge in [0.2, 0.25) is 5.91 Å². The Morgan fingerprint density at radius 3 is 3.10 bits per heavy atom. The molecule has 20 heavy (non-hydrogen) atoms. The summed E-state index contributed by atoms with van der Waals surface area (Å²) in [4.78, 5) is 15.9. The highest BCUT2D eigenvalue weighted by Crippen LogP contribution is 2.11. The molecule has 110 valence electrons. The number of ether oxygens (including phenoxy) is 2. The molecule has 2 heterocycles. The van der Waals surface area contributed by atoms with Crippen LogP contribution in [0.1, 0.15) is 31.0 Å². The molecule has 0 radical (unpaired) electrons. The molecule has 5 nitrogen and oxygen atoms in total. The Balaban J connectivity index is 1.61. The van der Waals surface area contributed by atoms with Crippen molar-refractivity contribution in [3.63, 3.8) is 0 Å². The van der Waals surface area contributed by atoms with Crippen LogP contribution in [0.15, 0.2) is 18.3 Å². The summed E-state index contributed by atoms with van der Waals surface area (Å²) in [5.74, 6) is -0.121. The van der Waals surface area contributed by atoms with Crippen LogP contribution < -0.4 is 5.32 Å². The van der Waals surface area contributed by atoms with Gasteiger partial charge in [0.15, 0.2) is 0 Å². The van der Waals surface area contributed by atoms with Crippen LogP contribution in [-0.4, -0.2) is 36.8 Å². The molecular weight excluding hydrogens is 256 g/mol. The molecule has 1 amide bonds. The summed E-state index contributed by atoms with van der Waals surface area (Å²) in [6, 6.07) is 3.97. The van der Waals surface area contributed by atoms with E-state index in [4.69, 9.17) is 9.47 Å². The fraction of sp³-hybridized carbons (Fsp3) is 0.600. The molecule has 1 atom stereocenters. The summed E-state index contributed by atoms with van der Waals surface area (Å²) in [5.41, 5.74) is 2.05. The first-order chi connectivity index (χ1) is 9.78. The molecule has 1 aliphatic rings. The van der Waals surface area contributed by atoms with E-state index in [2.05, 4.69) is 17.2 Å². The van der Waals surface area contributed by atoms with Crippen LogP contribution in [0, 0.1) is 0 Å². The highest BCUT2D eigenvalue weighted by molar-refractivity contribution is 5.77. The molecule has 1 aliphatic heterocycles. The fourth-order valence-electron chi connectivity index (χ4n) is 2.07. The second-order valence-electron chi connectivity index (χ2n) is 4.94. The smallest absolute Gasteiger partial charge is 0.246 e. The van der Waals surface area contributed by atoms with Gasteiger partial charge in [-0.1, -0.05) is 13.0 Å². The van der Waals surface area contributed by atoms with E-state index in [-0.39, 0.29) is 18.6 Å². The van der Waals surface area contributed by atoms with Crippen LogP contribution in [0.2, 0.25) is 0 Å². The lowest BCUT2D eigenvalue weighted by atomic mass is 10.2. The molecule has 0 spiro atoms. The molecule has 1 aromatic heterocycles. The highest BCUT2D eigenvalue weighted by Gasteiger charge is 2.15. The summed E-state index contributed by atoms with van der Waals surface area (Å²) in [6.07, 6.45) is 5.08. The SMILES string of the molecule is CCc1ccc(CNC(=O)COC[C@@H]2CCCO2)nc1. The topological polar surface area (TPSA) is 60.5 Å². The van der Waals surface area contributed by atoms with Crippen molar-refractivity contribution in [1.29, 1.82) is 0 Å². The molecule has 1 fully saturated rings. The molecule has 0 saturated carbocycles. The van der Waals surface area contributed by atoms with Crippen LogP contribution in [-0.2, 0) is 27.2 Å². The van der Waals surface area contributed by atoms with Crippen molar-refractivity contribution < 1.29 is 14.3 Å². The van der Waals surface area contributed by atoms with Crippen LogP contribution in [0.3, 0.4) is 0 Å². The summed E-state index contributed by atoms with van der Waals surface area (Å²) >= 11 is 0. The Bertz CT molecular complexity index is 414. The van der Waals surface area contributed by atoms with E-state index in [0.29, 0.717) is 13.2 Å². The van der Waals surface area contributed by atoms with E-state index in [0.717, 1.165) is 31.6 Å². The maximum absolute atomic E-state index is 11.6. The zero-order chi connectivity index (χ0) is 14.2. The Morgan fingerprint density at radius 1 is 1.55 bits per heavy atom. The van der Waals surface area contributed by atoms with Gasteiger partial charge in [-0.3, -0.25) is 9.78 Å². The van der Waals surface area contributed by atoms with Gasteiger partial charge in [-0.25, -0.2) is 0 Å². The minimum Gasteiger partial charge on any atom is -0.376 e. The Labute approximate surface area is 119 Å². The molecule has 0 aromatic carbocycles. The standard InChI is InChI=1S/C15H22N2O3/c1-2-12-5-6-13(16-8-12)9-17-15(18)11-19-10-14-4-3-7-20-14/h5-6,8,14H,2-4,7,9-11H2,1H3,(H,17,18)/t14-/m0/s1. The van der Waals surface area contributed by atoms with Crippen molar-refractivity contribution in [2.45, 2.75) is 38.8 Å². The molecule has 1 saturated heterocycles. The van der Waals surface area contributed by atoms with E-state index in [1.807, 2.05) is 18.3 Å². The minimum atomic E-state index is -0.121. The van der Waals surface area contributed by atoms with Crippen molar-refractivity contribution in [2.75, 3.05) is 19.8 Å². The van der Waals surface area contributed by atoms with Gasteiger partial charge in [-0.15, -0.1) is 0 Å². The van der Waals surface area contributed by atoms with Crippen molar-refractivity contribution in [3.8, 4) is 0 Å². The summed E-state index contributed by atoms with van der Waals surface area (Å²) < 4.78 is 10.8. The number of carbonyl (C=O) groups excluding carboxylic acids is 1. The Hall–Kier alpha value is -1.46. The van der Waals surface area contributed by atoms with E-state index in [1.165, 1.54) is 5.56 Å². The van der Waals surface area contributed by atoms with E-state index in [1.54, 1.807) is 0 Å². The third kappa shape index (κ3) is 4.90. The van der Waals surface area contributed by atoms with Gasteiger partial charge in [-0.2, -0.15) is 0 Å². The zero-order valence-corrected chi connectivity index (χ0v) is 11.9. The molecule has 1 N–H and O–H groups in total. The van der Waals surface area contributed by atoms with E-state index in [9.17, 15) is 4.79 Å². The maximum Gasteiger partial charge on any atom is 0.246 e. The van der Waals surface area contributed by atoms with Crippen LogP contribution in [0.5, 0.6) is 0 Å². The third-order valence-electron chi connectivity index (χ3n) is 3.32. The number of amides is 1. The van der Waals surface area contributed by atoms with Crippen molar-refractivity contribution in [1.82, 2.24) is 10.3 Å². The Morgan fingerprint density at radius 2 is 2.45 bits per heavy atom. The number of nitrogens with zero attached hydrogens (tertiary/aromatic N) is 1. The number of carbonyl (C=O) groups is 1. The third-order valence-corrected chi connectivity index (χ3v) is 3.32. The molecule has 0 bridgehead atoms. The van der Waals surface area contributed by atoms with Crippen LogP contribution in [0.4, 0.5) is 0 Å². The van der Waals surface area contributed by atoms with Gasteiger partial charge in [0, 0.05) is 12.8 Å². The van der Waals surface area contributed by atoms with Crippen molar-refractivity contribution in [2.24, 2.45) is 0 Å². The molecule has 0 unspecified atom stereocenters. The number of pyridine rings is 1. The first kappa shape index (κ1) is 14.9. The average Bonchev–Trinajstić information content (AvgIpc) is 2.99. The quantitative estimate of drug-likeness (QED) is 0.820. The first-order valence-electron chi connectivity index (χ1n) is 7.17. The lowest BCUT2D eigenvalue weighted by molar-refractivity contribution is -0.127. The van der Waals surface area contributed by atoms with Gasteiger partial charge in [0.1, 0.15) is 6.61 Å². The predicted molar refractivity (Wildman–Crippen MR) is 75.3 cm³/mol. The van der Waals surface area contributed by atoms with Gasteiger partial charge >= 0.3 is 0 Å². The van der Waals surface area contributed by atoms with E-state index >= 15 is 0 Å². The minimum absolute atomic E-state index is 0.0763. The molecule has 5 heteroatoms. The zero-order valence-electron chi connectivity index (χ0n) is 11.9. The van der Waals surface area contributed by atoms with Gasteiger partial charge in [-0.05, 0) is 30.9 Å². The lowest BCUT2D eigenvalue weighted by Crippen LogP contribution is -2.29. The second kappa shape index (κ2) is 7.97. The lowest BCUT2D eigenvalue weighted by Gasteiger charge is -2.10. The monoisotopic (exact) mass is 278 g/mol. The van der Waals surface area contributed by atoms with E-state index < -0.39 is 0 Å². The summed E-state index contributed by atoms with van der Waals surface area (Å²) in [5, 5.41) is 2.79. The summed E-state index contributed by atoms with van der Waals surface area (Å²) in [7, 11) is 0. The molecule has 1 aromatic rings. The second-order valence-corrected chi connectivity index (χ2v) is 4.94. The van der Waals surface area contributed by atoms with Crippen LogP contribution >= 0.6 is 0 Å². The number of rotatable bonds is 7. The normalized spacial score (nSPS) is 18.1. The molecule has 0 aliphatic carbocycles.